The Hall–Kier alpha value is -2.31. The molecule has 1 aromatic carbocycles. The molecular formula is C11H9F3N4. The van der Waals surface area contributed by atoms with E-state index in [1.807, 2.05) is 0 Å². The van der Waals surface area contributed by atoms with Gasteiger partial charge in [-0.15, -0.1) is 0 Å². The van der Waals surface area contributed by atoms with Gasteiger partial charge in [-0.3, -0.25) is 0 Å². The third-order valence-electron chi connectivity index (χ3n) is 2.25. The summed E-state index contributed by atoms with van der Waals surface area (Å²) in [6, 6.07) is 1.17. The van der Waals surface area contributed by atoms with Crippen molar-refractivity contribution in [2.75, 3.05) is 11.1 Å². The number of halogens is 3. The van der Waals surface area contributed by atoms with E-state index in [0.29, 0.717) is 17.7 Å². The molecule has 0 amide bonds. The molecule has 0 saturated heterocycles. The lowest BCUT2D eigenvalue weighted by Crippen LogP contribution is -2.04. The van der Waals surface area contributed by atoms with Crippen LogP contribution in [0.4, 0.5) is 30.6 Å². The summed E-state index contributed by atoms with van der Waals surface area (Å²) < 4.78 is 39.2. The molecule has 0 unspecified atom stereocenters. The highest BCUT2D eigenvalue weighted by Crippen LogP contribution is 2.23. The molecule has 1 aromatic heterocycles. The minimum Gasteiger partial charge on any atom is -0.368 e. The maximum atomic E-state index is 13.4. The van der Waals surface area contributed by atoms with Gasteiger partial charge < -0.3 is 11.1 Å². The Morgan fingerprint density at radius 1 is 1.11 bits per heavy atom. The van der Waals surface area contributed by atoms with E-state index in [1.54, 1.807) is 6.92 Å². The van der Waals surface area contributed by atoms with Gasteiger partial charge >= 0.3 is 0 Å². The molecule has 0 aliphatic heterocycles. The number of rotatable bonds is 2. The Morgan fingerprint density at radius 2 is 1.78 bits per heavy atom. The van der Waals surface area contributed by atoms with Crippen molar-refractivity contribution in [2.24, 2.45) is 0 Å². The molecule has 1 heterocycles. The second-order valence-electron chi connectivity index (χ2n) is 3.63. The summed E-state index contributed by atoms with van der Waals surface area (Å²) in [4.78, 5) is 7.57. The van der Waals surface area contributed by atoms with Crippen molar-refractivity contribution in [3.8, 4) is 0 Å². The van der Waals surface area contributed by atoms with Gasteiger partial charge in [0.2, 0.25) is 5.95 Å². The quantitative estimate of drug-likeness (QED) is 0.808. The molecule has 18 heavy (non-hydrogen) atoms. The topological polar surface area (TPSA) is 63.8 Å². The van der Waals surface area contributed by atoms with Crippen molar-refractivity contribution in [2.45, 2.75) is 6.92 Å². The largest absolute Gasteiger partial charge is 0.368 e. The van der Waals surface area contributed by atoms with Crippen LogP contribution in [0, 0.1) is 24.4 Å². The highest BCUT2D eigenvalue weighted by Gasteiger charge is 2.11. The average Bonchev–Trinajstić information content (AvgIpc) is 2.30. The van der Waals surface area contributed by atoms with Gasteiger partial charge in [0, 0.05) is 23.9 Å². The van der Waals surface area contributed by atoms with Crippen LogP contribution in [-0.2, 0) is 0 Å². The second-order valence-corrected chi connectivity index (χ2v) is 3.63. The fraction of sp³-hybridized carbons (Fsp3) is 0.0909. The second kappa shape index (κ2) is 4.52. The fourth-order valence-corrected chi connectivity index (χ4v) is 1.33. The standard InChI is InChI=1S/C11H9F3N4/c1-5-4-16-11(15)18-10(5)17-9-3-7(13)6(12)2-8(9)14/h2-4H,1H3,(H3,15,16,17,18). The van der Waals surface area contributed by atoms with E-state index in [2.05, 4.69) is 15.3 Å². The maximum Gasteiger partial charge on any atom is 0.221 e. The van der Waals surface area contributed by atoms with E-state index in [0.717, 1.165) is 0 Å². The zero-order chi connectivity index (χ0) is 13.3. The number of nitrogen functional groups attached to an aromatic ring is 1. The fourth-order valence-electron chi connectivity index (χ4n) is 1.33. The van der Waals surface area contributed by atoms with Crippen LogP contribution in [0.5, 0.6) is 0 Å². The molecule has 4 nitrogen and oxygen atoms in total. The number of anilines is 3. The van der Waals surface area contributed by atoms with Gasteiger partial charge in [0.15, 0.2) is 11.6 Å². The SMILES string of the molecule is Cc1cnc(N)nc1Nc1cc(F)c(F)cc1F. The first kappa shape index (κ1) is 12.2. The van der Waals surface area contributed by atoms with E-state index in [-0.39, 0.29) is 17.5 Å². The third kappa shape index (κ3) is 2.34. The Kier molecular flexibility index (Phi) is 3.05. The normalized spacial score (nSPS) is 10.4. The molecule has 7 heteroatoms. The minimum absolute atomic E-state index is 0.00825. The number of hydrogen-bond donors (Lipinski definition) is 2. The summed E-state index contributed by atoms with van der Waals surface area (Å²) >= 11 is 0. The molecule has 2 aromatic rings. The van der Waals surface area contributed by atoms with Crippen LogP contribution in [0.3, 0.4) is 0 Å². The Morgan fingerprint density at radius 3 is 2.50 bits per heavy atom. The molecule has 94 valence electrons. The smallest absolute Gasteiger partial charge is 0.221 e. The first-order valence-corrected chi connectivity index (χ1v) is 4.98. The molecule has 0 spiro atoms. The van der Waals surface area contributed by atoms with Gasteiger partial charge in [-0.1, -0.05) is 0 Å². The lowest BCUT2D eigenvalue weighted by atomic mass is 10.2. The van der Waals surface area contributed by atoms with Crippen molar-refractivity contribution in [3.63, 3.8) is 0 Å². The molecule has 0 aliphatic carbocycles. The van der Waals surface area contributed by atoms with Gasteiger partial charge in [-0.2, -0.15) is 4.98 Å². The molecule has 0 aliphatic rings. The van der Waals surface area contributed by atoms with Gasteiger partial charge in [0.05, 0.1) is 5.69 Å². The van der Waals surface area contributed by atoms with Crippen molar-refractivity contribution in [1.29, 1.82) is 0 Å². The van der Waals surface area contributed by atoms with Gasteiger partial charge in [-0.25, -0.2) is 18.2 Å². The predicted octanol–water partition coefficient (Wildman–Crippen LogP) is 2.53. The van der Waals surface area contributed by atoms with E-state index in [4.69, 9.17) is 5.73 Å². The molecule has 0 saturated carbocycles. The summed E-state index contributed by atoms with van der Waals surface area (Å²) in [6.07, 6.45) is 1.43. The summed E-state index contributed by atoms with van der Waals surface area (Å²) in [6.45, 7) is 1.67. The number of aromatic nitrogens is 2. The van der Waals surface area contributed by atoms with E-state index < -0.39 is 17.5 Å². The van der Waals surface area contributed by atoms with Gasteiger partial charge in [0.1, 0.15) is 11.6 Å². The van der Waals surface area contributed by atoms with Crippen LogP contribution < -0.4 is 11.1 Å². The molecule has 0 fully saturated rings. The molecule has 0 bridgehead atoms. The highest BCUT2D eigenvalue weighted by molar-refractivity contribution is 5.60. The van der Waals surface area contributed by atoms with Gasteiger partial charge in [-0.05, 0) is 6.92 Å². The molecule has 3 N–H and O–H groups in total. The number of nitrogens with two attached hydrogens (primary N) is 1. The van der Waals surface area contributed by atoms with Gasteiger partial charge in [0.25, 0.3) is 0 Å². The monoisotopic (exact) mass is 254 g/mol. The first-order valence-electron chi connectivity index (χ1n) is 4.98. The van der Waals surface area contributed by atoms with Crippen molar-refractivity contribution >= 4 is 17.5 Å². The predicted molar refractivity (Wildman–Crippen MR) is 60.8 cm³/mol. The summed E-state index contributed by atoms with van der Waals surface area (Å²) in [7, 11) is 0. The zero-order valence-corrected chi connectivity index (χ0v) is 9.34. The Bertz CT molecular complexity index is 601. The van der Waals surface area contributed by atoms with Crippen LogP contribution in [0.1, 0.15) is 5.56 Å². The lowest BCUT2D eigenvalue weighted by molar-refractivity contribution is 0.496. The number of aryl methyl sites for hydroxylation is 1. The van der Waals surface area contributed by atoms with Crippen LogP contribution in [0.2, 0.25) is 0 Å². The molecule has 0 radical (unpaired) electrons. The zero-order valence-electron chi connectivity index (χ0n) is 9.34. The average molecular weight is 254 g/mol. The van der Waals surface area contributed by atoms with Crippen LogP contribution in [-0.4, -0.2) is 9.97 Å². The summed E-state index contributed by atoms with van der Waals surface area (Å²) in [5.74, 6) is -3.11. The number of nitrogens with one attached hydrogen (secondary N) is 1. The number of hydrogen-bond acceptors (Lipinski definition) is 4. The van der Waals surface area contributed by atoms with Crippen LogP contribution in [0.15, 0.2) is 18.3 Å². The summed E-state index contributed by atoms with van der Waals surface area (Å²) in [5.41, 5.74) is 5.75. The van der Waals surface area contributed by atoms with E-state index in [9.17, 15) is 13.2 Å². The number of nitrogens with zero attached hydrogens (tertiary/aromatic N) is 2. The summed E-state index contributed by atoms with van der Waals surface area (Å²) in [5, 5.41) is 2.54. The van der Waals surface area contributed by atoms with Crippen LogP contribution >= 0.6 is 0 Å². The third-order valence-corrected chi connectivity index (χ3v) is 2.25. The Balaban J connectivity index is 2.40. The van der Waals surface area contributed by atoms with E-state index in [1.165, 1.54) is 6.20 Å². The lowest BCUT2D eigenvalue weighted by Gasteiger charge is -2.09. The molecule has 2 rings (SSSR count). The van der Waals surface area contributed by atoms with Crippen molar-refractivity contribution in [3.05, 3.63) is 41.3 Å². The minimum atomic E-state index is -1.25. The van der Waals surface area contributed by atoms with Crippen molar-refractivity contribution < 1.29 is 13.2 Å². The molecule has 0 atom stereocenters. The highest BCUT2D eigenvalue weighted by atomic mass is 19.2. The first-order chi connectivity index (χ1) is 8.47. The van der Waals surface area contributed by atoms with Crippen LogP contribution in [0.25, 0.3) is 0 Å². The Labute approximate surface area is 101 Å². The maximum absolute atomic E-state index is 13.4. The van der Waals surface area contributed by atoms with Crippen molar-refractivity contribution in [1.82, 2.24) is 9.97 Å². The van der Waals surface area contributed by atoms with E-state index >= 15 is 0 Å². The number of benzene rings is 1. The molecular weight excluding hydrogens is 245 g/mol.